The molecule has 1 unspecified atom stereocenters. The highest BCUT2D eigenvalue weighted by Crippen LogP contribution is 2.18. The zero-order valence-electron chi connectivity index (χ0n) is 14.1. The van der Waals surface area contributed by atoms with Crippen molar-refractivity contribution in [3.05, 3.63) is 53.7 Å². The normalized spacial score (nSPS) is 13.0. The Hall–Kier alpha value is -1.96. The standard InChI is InChI=1S/C17H23N3O3S/c1-12(2)13-4-6-14(7-5-13)16(18)11-20-24(21,22)15-8-9-17(23-3)19-10-15/h4-10,12,16,20H,11,18H2,1-3H3. The Kier molecular flexibility index (Phi) is 5.93. The second-order valence-corrected chi connectivity index (χ2v) is 7.58. The molecule has 6 nitrogen and oxygen atoms in total. The van der Waals surface area contributed by atoms with Crippen LogP contribution in [-0.2, 0) is 10.0 Å². The van der Waals surface area contributed by atoms with E-state index in [9.17, 15) is 8.42 Å². The van der Waals surface area contributed by atoms with Gasteiger partial charge in [0.1, 0.15) is 4.90 Å². The van der Waals surface area contributed by atoms with Gasteiger partial charge in [0.2, 0.25) is 15.9 Å². The largest absolute Gasteiger partial charge is 0.481 e. The molecule has 7 heteroatoms. The number of sulfonamides is 1. The number of pyridine rings is 1. The number of hydrogen-bond donors (Lipinski definition) is 2. The molecular weight excluding hydrogens is 326 g/mol. The number of methoxy groups -OCH3 is 1. The molecule has 1 heterocycles. The summed E-state index contributed by atoms with van der Waals surface area (Å²) in [7, 11) is -2.19. The van der Waals surface area contributed by atoms with Gasteiger partial charge >= 0.3 is 0 Å². The Morgan fingerprint density at radius 2 is 1.75 bits per heavy atom. The Bertz CT molecular complexity index is 757. The second kappa shape index (κ2) is 7.74. The van der Waals surface area contributed by atoms with E-state index >= 15 is 0 Å². The van der Waals surface area contributed by atoms with Crippen molar-refractivity contribution in [3.63, 3.8) is 0 Å². The molecule has 0 saturated carbocycles. The molecule has 2 aromatic rings. The van der Waals surface area contributed by atoms with E-state index in [4.69, 9.17) is 10.5 Å². The van der Waals surface area contributed by atoms with Crippen LogP contribution in [0.1, 0.15) is 36.9 Å². The monoisotopic (exact) mass is 349 g/mol. The van der Waals surface area contributed by atoms with Crippen molar-refractivity contribution in [1.82, 2.24) is 9.71 Å². The Balaban J connectivity index is 2.02. The fourth-order valence-electron chi connectivity index (χ4n) is 2.18. The zero-order chi connectivity index (χ0) is 17.7. The molecule has 1 aromatic carbocycles. The lowest BCUT2D eigenvalue weighted by molar-refractivity contribution is 0.397. The third kappa shape index (κ3) is 4.53. The van der Waals surface area contributed by atoms with Crippen LogP contribution in [0.2, 0.25) is 0 Å². The summed E-state index contributed by atoms with van der Waals surface area (Å²) in [6, 6.07) is 10.4. The van der Waals surface area contributed by atoms with Gasteiger partial charge in [-0.1, -0.05) is 38.1 Å². The Morgan fingerprint density at radius 1 is 1.12 bits per heavy atom. The SMILES string of the molecule is COc1ccc(S(=O)(=O)NCC(N)c2ccc(C(C)C)cc2)cn1. The minimum Gasteiger partial charge on any atom is -0.481 e. The number of nitrogens with one attached hydrogen (secondary N) is 1. The summed E-state index contributed by atoms with van der Waals surface area (Å²) < 4.78 is 32.0. The smallest absolute Gasteiger partial charge is 0.242 e. The van der Waals surface area contributed by atoms with E-state index in [1.807, 2.05) is 24.3 Å². The molecule has 0 bridgehead atoms. The average Bonchev–Trinajstić information content (AvgIpc) is 2.60. The van der Waals surface area contributed by atoms with Crippen LogP contribution in [-0.4, -0.2) is 27.1 Å². The van der Waals surface area contributed by atoms with Crippen LogP contribution in [0, 0.1) is 0 Å². The van der Waals surface area contributed by atoms with Crippen LogP contribution in [0.25, 0.3) is 0 Å². The van der Waals surface area contributed by atoms with Crippen LogP contribution in [0.5, 0.6) is 5.88 Å². The lowest BCUT2D eigenvalue weighted by Crippen LogP contribution is -2.32. The van der Waals surface area contributed by atoms with Crippen LogP contribution in [0.3, 0.4) is 0 Å². The van der Waals surface area contributed by atoms with Gasteiger partial charge in [-0.05, 0) is 23.1 Å². The minimum atomic E-state index is -3.66. The highest BCUT2D eigenvalue weighted by Gasteiger charge is 2.17. The summed E-state index contributed by atoms with van der Waals surface area (Å²) in [6.45, 7) is 4.34. The quantitative estimate of drug-likeness (QED) is 0.799. The van der Waals surface area contributed by atoms with E-state index in [-0.39, 0.29) is 11.4 Å². The summed E-state index contributed by atoms with van der Waals surface area (Å²) in [4.78, 5) is 3.98. The number of nitrogens with zero attached hydrogens (tertiary/aromatic N) is 1. The van der Waals surface area contributed by atoms with Crippen molar-refractivity contribution in [2.45, 2.75) is 30.7 Å². The van der Waals surface area contributed by atoms with Crippen molar-refractivity contribution < 1.29 is 13.2 Å². The van der Waals surface area contributed by atoms with E-state index in [2.05, 4.69) is 23.6 Å². The molecule has 1 atom stereocenters. The van der Waals surface area contributed by atoms with Crippen LogP contribution >= 0.6 is 0 Å². The minimum absolute atomic E-state index is 0.0747. The maximum Gasteiger partial charge on any atom is 0.242 e. The molecule has 0 radical (unpaired) electrons. The molecule has 0 spiro atoms. The summed E-state index contributed by atoms with van der Waals surface area (Å²) in [6.07, 6.45) is 1.25. The summed E-state index contributed by atoms with van der Waals surface area (Å²) in [5.41, 5.74) is 8.19. The predicted octanol–water partition coefficient (Wildman–Crippen LogP) is 2.19. The lowest BCUT2D eigenvalue weighted by atomic mass is 9.99. The molecule has 0 amide bonds. The molecule has 0 saturated heterocycles. The highest BCUT2D eigenvalue weighted by molar-refractivity contribution is 7.89. The lowest BCUT2D eigenvalue weighted by Gasteiger charge is -2.15. The number of rotatable bonds is 7. The number of hydrogen-bond acceptors (Lipinski definition) is 5. The predicted molar refractivity (Wildman–Crippen MR) is 93.4 cm³/mol. The van der Waals surface area contributed by atoms with Gasteiger partial charge in [0.15, 0.2) is 0 Å². The third-order valence-electron chi connectivity index (χ3n) is 3.75. The number of aromatic nitrogens is 1. The van der Waals surface area contributed by atoms with Crippen molar-refractivity contribution in [3.8, 4) is 5.88 Å². The van der Waals surface area contributed by atoms with E-state index < -0.39 is 16.1 Å². The molecular formula is C17H23N3O3S. The van der Waals surface area contributed by atoms with E-state index in [1.165, 1.54) is 31.0 Å². The molecule has 2 rings (SSSR count). The van der Waals surface area contributed by atoms with Gasteiger partial charge in [-0.15, -0.1) is 0 Å². The summed E-state index contributed by atoms with van der Waals surface area (Å²) in [5, 5.41) is 0. The zero-order valence-corrected chi connectivity index (χ0v) is 14.9. The maximum atomic E-state index is 12.3. The first-order chi connectivity index (χ1) is 11.3. The molecule has 130 valence electrons. The van der Waals surface area contributed by atoms with Crippen molar-refractivity contribution in [1.29, 1.82) is 0 Å². The summed E-state index contributed by atoms with van der Waals surface area (Å²) in [5.74, 6) is 0.798. The maximum absolute atomic E-state index is 12.3. The van der Waals surface area contributed by atoms with E-state index in [1.54, 1.807) is 0 Å². The van der Waals surface area contributed by atoms with Crippen molar-refractivity contribution in [2.75, 3.05) is 13.7 Å². The van der Waals surface area contributed by atoms with Gasteiger partial charge in [-0.2, -0.15) is 0 Å². The molecule has 0 aliphatic rings. The number of ether oxygens (including phenoxy) is 1. The first-order valence-corrected chi connectivity index (χ1v) is 9.17. The van der Waals surface area contributed by atoms with Gasteiger partial charge in [0.25, 0.3) is 0 Å². The fraction of sp³-hybridized carbons (Fsp3) is 0.353. The summed E-state index contributed by atoms with van der Waals surface area (Å²) >= 11 is 0. The van der Waals surface area contributed by atoms with E-state index in [0.29, 0.717) is 11.8 Å². The number of nitrogens with two attached hydrogens (primary N) is 1. The van der Waals surface area contributed by atoms with Crippen LogP contribution in [0.4, 0.5) is 0 Å². The van der Waals surface area contributed by atoms with Gasteiger partial charge in [-0.25, -0.2) is 18.1 Å². The molecule has 0 aliphatic carbocycles. The molecule has 0 aliphatic heterocycles. The highest BCUT2D eigenvalue weighted by atomic mass is 32.2. The molecule has 3 N–H and O–H groups in total. The fourth-order valence-corrected chi connectivity index (χ4v) is 3.18. The van der Waals surface area contributed by atoms with E-state index in [0.717, 1.165) is 5.56 Å². The van der Waals surface area contributed by atoms with Crippen molar-refractivity contribution in [2.24, 2.45) is 5.73 Å². The Labute approximate surface area is 143 Å². The van der Waals surface area contributed by atoms with Gasteiger partial charge in [0.05, 0.1) is 13.3 Å². The van der Waals surface area contributed by atoms with Gasteiger partial charge < -0.3 is 10.5 Å². The molecule has 1 aromatic heterocycles. The number of benzene rings is 1. The Morgan fingerprint density at radius 3 is 2.25 bits per heavy atom. The second-order valence-electron chi connectivity index (χ2n) is 5.82. The molecule has 0 fully saturated rings. The first-order valence-electron chi connectivity index (χ1n) is 7.68. The van der Waals surface area contributed by atoms with Crippen molar-refractivity contribution >= 4 is 10.0 Å². The van der Waals surface area contributed by atoms with Crippen LogP contribution in [0.15, 0.2) is 47.5 Å². The third-order valence-corrected chi connectivity index (χ3v) is 5.16. The van der Waals surface area contributed by atoms with Crippen LogP contribution < -0.4 is 15.2 Å². The first kappa shape index (κ1) is 18.4. The van der Waals surface area contributed by atoms with Gasteiger partial charge in [0, 0.05) is 18.7 Å². The van der Waals surface area contributed by atoms with Gasteiger partial charge in [-0.3, -0.25) is 0 Å². The average molecular weight is 349 g/mol. The molecule has 24 heavy (non-hydrogen) atoms. The topological polar surface area (TPSA) is 94.3 Å².